The van der Waals surface area contributed by atoms with Gasteiger partial charge in [0.15, 0.2) is 11.5 Å². The summed E-state index contributed by atoms with van der Waals surface area (Å²) in [4.78, 5) is 0. The van der Waals surface area contributed by atoms with Crippen LogP contribution in [-0.2, 0) is 16.6 Å². The predicted molar refractivity (Wildman–Crippen MR) is 91.8 cm³/mol. The Morgan fingerprint density at radius 2 is 1.65 bits per heavy atom. The minimum Gasteiger partial charge on any atom is -0.493 e. The molecule has 0 heterocycles. The largest absolute Gasteiger partial charge is 0.493 e. The van der Waals surface area contributed by atoms with Crippen molar-refractivity contribution >= 4 is 15.7 Å². The molecule has 0 amide bonds. The molecule has 0 N–H and O–H groups in total. The van der Waals surface area contributed by atoms with Gasteiger partial charge in [-0.3, -0.25) is 4.31 Å². The molecule has 0 spiro atoms. The Morgan fingerprint density at radius 1 is 1.00 bits per heavy atom. The van der Waals surface area contributed by atoms with Gasteiger partial charge in [0.2, 0.25) is 10.0 Å². The van der Waals surface area contributed by atoms with Crippen LogP contribution in [0.3, 0.4) is 0 Å². The summed E-state index contributed by atoms with van der Waals surface area (Å²) < 4.78 is 36.3. The second-order valence-electron chi connectivity index (χ2n) is 5.24. The summed E-state index contributed by atoms with van der Waals surface area (Å²) in [6.45, 7) is 2.23. The number of sulfonamides is 1. The molecule has 0 bridgehead atoms. The molecule has 0 fully saturated rings. The third-order valence-electron chi connectivity index (χ3n) is 3.63. The molecule has 0 unspecified atom stereocenters. The topological polar surface area (TPSA) is 55.8 Å². The van der Waals surface area contributed by atoms with Gasteiger partial charge in [-0.1, -0.05) is 24.3 Å². The van der Waals surface area contributed by atoms with Crippen LogP contribution in [-0.4, -0.2) is 28.9 Å². The van der Waals surface area contributed by atoms with Crippen molar-refractivity contribution < 1.29 is 17.9 Å². The van der Waals surface area contributed by atoms with Gasteiger partial charge in [-0.15, -0.1) is 0 Å². The SMILES string of the molecule is COc1ccc(N(Cc2ccccc2C)S(C)(=O)=O)cc1OC. The molecular weight excluding hydrogens is 314 g/mol. The number of aryl methyl sites for hydroxylation is 1. The highest BCUT2D eigenvalue weighted by molar-refractivity contribution is 7.92. The number of hydrogen-bond donors (Lipinski definition) is 0. The summed E-state index contributed by atoms with van der Waals surface area (Å²) in [6, 6.07) is 12.8. The van der Waals surface area contributed by atoms with Gasteiger partial charge < -0.3 is 9.47 Å². The molecule has 0 saturated carbocycles. The van der Waals surface area contributed by atoms with E-state index in [4.69, 9.17) is 9.47 Å². The van der Waals surface area contributed by atoms with E-state index in [1.165, 1.54) is 17.7 Å². The van der Waals surface area contributed by atoms with E-state index < -0.39 is 10.0 Å². The molecule has 6 heteroatoms. The van der Waals surface area contributed by atoms with Gasteiger partial charge in [0, 0.05) is 6.07 Å². The third-order valence-corrected chi connectivity index (χ3v) is 4.77. The maximum absolute atomic E-state index is 12.3. The fourth-order valence-corrected chi connectivity index (χ4v) is 3.19. The number of methoxy groups -OCH3 is 2. The predicted octanol–water partition coefficient (Wildman–Crippen LogP) is 2.98. The van der Waals surface area contributed by atoms with Gasteiger partial charge in [-0.05, 0) is 30.2 Å². The Kier molecular flexibility index (Phi) is 5.15. The maximum Gasteiger partial charge on any atom is 0.232 e. The zero-order chi connectivity index (χ0) is 17.0. The minimum absolute atomic E-state index is 0.265. The average molecular weight is 335 g/mol. The van der Waals surface area contributed by atoms with E-state index in [1.54, 1.807) is 25.3 Å². The monoisotopic (exact) mass is 335 g/mol. The minimum atomic E-state index is -3.44. The van der Waals surface area contributed by atoms with Crippen LogP contribution in [0.15, 0.2) is 42.5 Å². The van der Waals surface area contributed by atoms with Crippen LogP contribution in [0, 0.1) is 6.92 Å². The van der Waals surface area contributed by atoms with Crippen molar-refractivity contribution in [1.29, 1.82) is 0 Å². The first-order chi connectivity index (χ1) is 10.9. The molecule has 2 aromatic rings. The molecule has 0 aromatic heterocycles. The first-order valence-corrected chi connectivity index (χ1v) is 8.96. The standard InChI is InChI=1S/C17H21NO4S/c1-13-7-5-6-8-14(13)12-18(23(4,19)20)15-9-10-16(21-2)17(11-15)22-3/h5-11H,12H2,1-4H3. The van der Waals surface area contributed by atoms with Crippen molar-refractivity contribution in [1.82, 2.24) is 0 Å². The fraction of sp³-hybridized carbons (Fsp3) is 0.294. The number of hydrogen-bond acceptors (Lipinski definition) is 4. The molecule has 0 aliphatic rings. The van der Waals surface area contributed by atoms with Crippen LogP contribution >= 0.6 is 0 Å². The lowest BCUT2D eigenvalue weighted by atomic mass is 10.1. The molecule has 0 aliphatic carbocycles. The molecule has 124 valence electrons. The van der Waals surface area contributed by atoms with Gasteiger partial charge in [0.05, 0.1) is 32.7 Å². The lowest BCUT2D eigenvalue weighted by molar-refractivity contribution is 0.355. The number of nitrogens with zero attached hydrogens (tertiary/aromatic N) is 1. The molecule has 5 nitrogen and oxygen atoms in total. The highest BCUT2D eigenvalue weighted by atomic mass is 32.2. The molecule has 0 atom stereocenters. The number of ether oxygens (including phenoxy) is 2. The van der Waals surface area contributed by atoms with E-state index in [2.05, 4.69) is 0 Å². The van der Waals surface area contributed by atoms with Crippen LogP contribution in [0.2, 0.25) is 0 Å². The summed E-state index contributed by atoms with van der Waals surface area (Å²) in [5.74, 6) is 1.05. The van der Waals surface area contributed by atoms with Crippen molar-refractivity contribution in [2.75, 3.05) is 24.8 Å². The van der Waals surface area contributed by atoms with Crippen LogP contribution in [0.1, 0.15) is 11.1 Å². The van der Waals surface area contributed by atoms with Gasteiger partial charge in [-0.2, -0.15) is 0 Å². The zero-order valence-corrected chi connectivity index (χ0v) is 14.6. The summed E-state index contributed by atoms with van der Waals surface area (Å²) >= 11 is 0. The maximum atomic E-state index is 12.3. The molecule has 2 aromatic carbocycles. The molecule has 0 saturated heterocycles. The molecule has 2 rings (SSSR count). The quantitative estimate of drug-likeness (QED) is 0.814. The number of benzene rings is 2. The van der Waals surface area contributed by atoms with E-state index in [9.17, 15) is 8.42 Å². The van der Waals surface area contributed by atoms with Crippen molar-refractivity contribution in [3.05, 3.63) is 53.6 Å². The highest BCUT2D eigenvalue weighted by Gasteiger charge is 2.20. The number of rotatable bonds is 6. The highest BCUT2D eigenvalue weighted by Crippen LogP contribution is 2.33. The second kappa shape index (κ2) is 6.91. The summed E-state index contributed by atoms with van der Waals surface area (Å²) in [6.07, 6.45) is 1.20. The Bertz CT molecular complexity index is 787. The molecule has 23 heavy (non-hydrogen) atoms. The van der Waals surface area contributed by atoms with Crippen molar-refractivity contribution in [3.8, 4) is 11.5 Å². The first kappa shape index (κ1) is 17.1. The van der Waals surface area contributed by atoms with E-state index >= 15 is 0 Å². The van der Waals surface area contributed by atoms with Crippen LogP contribution in [0.25, 0.3) is 0 Å². The van der Waals surface area contributed by atoms with Crippen molar-refractivity contribution in [2.24, 2.45) is 0 Å². The van der Waals surface area contributed by atoms with Gasteiger partial charge in [0.25, 0.3) is 0 Å². The summed E-state index contributed by atoms with van der Waals surface area (Å²) in [7, 11) is -0.378. The second-order valence-corrected chi connectivity index (χ2v) is 7.14. The average Bonchev–Trinajstić information content (AvgIpc) is 2.52. The van der Waals surface area contributed by atoms with E-state index in [-0.39, 0.29) is 6.54 Å². The summed E-state index contributed by atoms with van der Waals surface area (Å²) in [5, 5.41) is 0. The zero-order valence-electron chi connectivity index (χ0n) is 13.7. The normalized spacial score (nSPS) is 11.1. The molecular formula is C17H21NO4S. The van der Waals surface area contributed by atoms with Crippen LogP contribution < -0.4 is 13.8 Å². The van der Waals surface area contributed by atoms with Crippen LogP contribution in [0.5, 0.6) is 11.5 Å². The Hall–Kier alpha value is -2.21. The van der Waals surface area contributed by atoms with Crippen molar-refractivity contribution in [3.63, 3.8) is 0 Å². The first-order valence-electron chi connectivity index (χ1n) is 7.11. The molecule has 0 radical (unpaired) electrons. The fourth-order valence-electron chi connectivity index (χ4n) is 2.32. The smallest absolute Gasteiger partial charge is 0.232 e. The Balaban J connectivity index is 2.46. The van der Waals surface area contributed by atoms with Gasteiger partial charge in [-0.25, -0.2) is 8.42 Å². The molecule has 0 aliphatic heterocycles. The lowest BCUT2D eigenvalue weighted by Crippen LogP contribution is -2.29. The van der Waals surface area contributed by atoms with E-state index in [0.717, 1.165) is 11.1 Å². The Labute approximate surface area is 137 Å². The van der Waals surface area contributed by atoms with Gasteiger partial charge in [0.1, 0.15) is 0 Å². The van der Waals surface area contributed by atoms with E-state index in [0.29, 0.717) is 17.2 Å². The van der Waals surface area contributed by atoms with E-state index in [1.807, 2.05) is 31.2 Å². The number of anilines is 1. The van der Waals surface area contributed by atoms with Crippen molar-refractivity contribution in [2.45, 2.75) is 13.5 Å². The van der Waals surface area contributed by atoms with Gasteiger partial charge >= 0.3 is 0 Å². The summed E-state index contributed by atoms with van der Waals surface area (Å²) in [5.41, 5.74) is 2.53. The van der Waals surface area contributed by atoms with Crippen LogP contribution in [0.4, 0.5) is 5.69 Å². The lowest BCUT2D eigenvalue weighted by Gasteiger charge is -2.24. The Morgan fingerprint density at radius 3 is 2.22 bits per heavy atom. The third kappa shape index (κ3) is 3.96.